The molecular formula is C9H12Br2N2O2. The van der Waals surface area contributed by atoms with Crippen molar-refractivity contribution in [2.24, 2.45) is 0 Å². The molecule has 0 aliphatic carbocycles. The van der Waals surface area contributed by atoms with Crippen molar-refractivity contribution in [1.82, 2.24) is 4.98 Å². The van der Waals surface area contributed by atoms with Gasteiger partial charge in [0.25, 0.3) is 0 Å². The minimum Gasteiger partial charge on any atom is -0.394 e. The summed E-state index contributed by atoms with van der Waals surface area (Å²) in [5.74, 6) is 0.587. The van der Waals surface area contributed by atoms with Crippen LogP contribution in [0.4, 0.5) is 5.82 Å². The molecule has 6 heteroatoms. The summed E-state index contributed by atoms with van der Waals surface area (Å²) in [7, 11) is 0. The summed E-state index contributed by atoms with van der Waals surface area (Å²) in [6, 6.07) is 1.84. The van der Waals surface area contributed by atoms with Crippen molar-refractivity contribution >= 4 is 37.7 Å². The Balaban J connectivity index is 2.89. The highest BCUT2D eigenvalue weighted by atomic mass is 79.9. The Morgan fingerprint density at radius 2 is 2.00 bits per heavy atom. The van der Waals surface area contributed by atoms with Crippen molar-refractivity contribution in [3.8, 4) is 0 Å². The summed E-state index contributed by atoms with van der Waals surface area (Å²) < 4.78 is 1.62. The average Bonchev–Trinajstić information content (AvgIpc) is 2.22. The van der Waals surface area contributed by atoms with Gasteiger partial charge in [0, 0.05) is 10.7 Å². The summed E-state index contributed by atoms with van der Waals surface area (Å²) >= 11 is 6.63. The first-order valence-corrected chi connectivity index (χ1v) is 5.90. The zero-order valence-electron chi connectivity index (χ0n) is 8.17. The number of aliphatic hydroxyl groups is 2. The number of anilines is 1. The third-order valence-electron chi connectivity index (χ3n) is 1.93. The first-order chi connectivity index (χ1) is 7.00. The van der Waals surface area contributed by atoms with E-state index < -0.39 is 5.54 Å². The fourth-order valence-corrected chi connectivity index (χ4v) is 2.01. The molecule has 0 aliphatic heterocycles. The smallest absolute Gasteiger partial charge is 0.140 e. The van der Waals surface area contributed by atoms with Crippen molar-refractivity contribution in [3.05, 3.63) is 21.2 Å². The van der Waals surface area contributed by atoms with Gasteiger partial charge in [0.1, 0.15) is 5.82 Å². The van der Waals surface area contributed by atoms with E-state index in [0.29, 0.717) is 5.82 Å². The lowest BCUT2D eigenvalue weighted by atomic mass is 10.1. The van der Waals surface area contributed by atoms with Gasteiger partial charge in [-0.05, 0) is 44.8 Å². The topological polar surface area (TPSA) is 65.4 Å². The van der Waals surface area contributed by atoms with E-state index in [-0.39, 0.29) is 13.2 Å². The standard InChI is InChI=1S/C9H12Br2N2O2/c1-9(4-14,5-15)13-8-7(11)2-6(10)3-12-8/h2-3,14-15H,4-5H2,1H3,(H,12,13). The van der Waals surface area contributed by atoms with E-state index in [9.17, 15) is 0 Å². The average molecular weight is 340 g/mol. The van der Waals surface area contributed by atoms with Crippen molar-refractivity contribution in [2.45, 2.75) is 12.5 Å². The van der Waals surface area contributed by atoms with Crippen LogP contribution in [0.1, 0.15) is 6.92 Å². The van der Waals surface area contributed by atoms with Gasteiger partial charge >= 0.3 is 0 Å². The largest absolute Gasteiger partial charge is 0.394 e. The van der Waals surface area contributed by atoms with E-state index in [4.69, 9.17) is 10.2 Å². The molecule has 0 saturated carbocycles. The first-order valence-electron chi connectivity index (χ1n) is 4.32. The van der Waals surface area contributed by atoms with E-state index in [1.54, 1.807) is 13.1 Å². The number of pyridine rings is 1. The molecule has 0 saturated heterocycles. The van der Waals surface area contributed by atoms with Crippen molar-refractivity contribution in [2.75, 3.05) is 18.5 Å². The molecule has 0 unspecified atom stereocenters. The van der Waals surface area contributed by atoms with Gasteiger partial charge in [-0.1, -0.05) is 0 Å². The van der Waals surface area contributed by atoms with E-state index in [2.05, 4.69) is 42.2 Å². The van der Waals surface area contributed by atoms with Crippen LogP contribution >= 0.6 is 31.9 Å². The van der Waals surface area contributed by atoms with Crippen molar-refractivity contribution < 1.29 is 10.2 Å². The quantitative estimate of drug-likeness (QED) is 0.782. The maximum absolute atomic E-state index is 9.12. The fraction of sp³-hybridized carbons (Fsp3) is 0.444. The lowest BCUT2D eigenvalue weighted by molar-refractivity contribution is 0.147. The molecule has 1 heterocycles. The van der Waals surface area contributed by atoms with Gasteiger partial charge in [-0.2, -0.15) is 0 Å². The second kappa shape index (κ2) is 5.25. The molecule has 4 nitrogen and oxygen atoms in total. The van der Waals surface area contributed by atoms with Crippen LogP contribution in [0.25, 0.3) is 0 Å². The molecule has 0 atom stereocenters. The highest BCUT2D eigenvalue weighted by molar-refractivity contribution is 9.11. The molecule has 1 aromatic heterocycles. The monoisotopic (exact) mass is 338 g/mol. The summed E-state index contributed by atoms with van der Waals surface area (Å²) in [4.78, 5) is 4.13. The Bertz CT molecular complexity index is 343. The third-order valence-corrected chi connectivity index (χ3v) is 2.96. The molecule has 0 aromatic carbocycles. The van der Waals surface area contributed by atoms with E-state index in [1.165, 1.54) is 0 Å². The zero-order chi connectivity index (χ0) is 11.5. The molecule has 0 aliphatic rings. The van der Waals surface area contributed by atoms with Crippen LogP contribution < -0.4 is 5.32 Å². The van der Waals surface area contributed by atoms with Gasteiger partial charge in [0.05, 0.1) is 23.2 Å². The number of halogens is 2. The molecule has 0 spiro atoms. The van der Waals surface area contributed by atoms with E-state index in [1.807, 2.05) is 6.07 Å². The minimum absolute atomic E-state index is 0.173. The van der Waals surface area contributed by atoms with Crippen LogP contribution in [0.5, 0.6) is 0 Å². The predicted octanol–water partition coefficient (Wildman–Crippen LogP) is 1.76. The van der Waals surface area contributed by atoms with Crippen LogP contribution in [0.2, 0.25) is 0 Å². The molecule has 1 aromatic rings. The van der Waals surface area contributed by atoms with Crippen molar-refractivity contribution in [3.63, 3.8) is 0 Å². The van der Waals surface area contributed by atoms with Crippen molar-refractivity contribution in [1.29, 1.82) is 0 Å². The first kappa shape index (κ1) is 12.9. The van der Waals surface area contributed by atoms with Crippen LogP contribution in [0, 0.1) is 0 Å². The van der Waals surface area contributed by atoms with E-state index in [0.717, 1.165) is 8.95 Å². The normalized spacial score (nSPS) is 11.5. The maximum Gasteiger partial charge on any atom is 0.140 e. The summed E-state index contributed by atoms with van der Waals surface area (Å²) in [5.41, 5.74) is -0.774. The SMILES string of the molecule is CC(CO)(CO)Nc1ncc(Br)cc1Br. The van der Waals surface area contributed by atoms with Crippen LogP contribution in [0.3, 0.4) is 0 Å². The third kappa shape index (κ3) is 3.41. The highest BCUT2D eigenvalue weighted by Crippen LogP contribution is 2.25. The molecular weight excluding hydrogens is 328 g/mol. The van der Waals surface area contributed by atoms with Gasteiger partial charge in [0.15, 0.2) is 0 Å². The number of hydrogen-bond acceptors (Lipinski definition) is 4. The van der Waals surface area contributed by atoms with Gasteiger partial charge < -0.3 is 15.5 Å². The Kier molecular flexibility index (Phi) is 4.51. The number of hydrogen-bond donors (Lipinski definition) is 3. The molecule has 0 radical (unpaired) electrons. The van der Waals surface area contributed by atoms with Crippen LogP contribution in [-0.4, -0.2) is 33.9 Å². The Morgan fingerprint density at radius 3 is 2.47 bits per heavy atom. The molecule has 1 rings (SSSR count). The Hall–Kier alpha value is -0.170. The number of aliphatic hydroxyl groups excluding tert-OH is 2. The second-order valence-electron chi connectivity index (χ2n) is 3.49. The lowest BCUT2D eigenvalue weighted by Crippen LogP contribution is -2.42. The van der Waals surface area contributed by atoms with Gasteiger partial charge in [-0.25, -0.2) is 4.98 Å². The number of rotatable bonds is 4. The lowest BCUT2D eigenvalue weighted by Gasteiger charge is -2.27. The maximum atomic E-state index is 9.12. The molecule has 0 fully saturated rings. The Labute approximate surface area is 105 Å². The predicted molar refractivity (Wildman–Crippen MR) is 65.8 cm³/mol. The molecule has 3 N–H and O–H groups in total. The van der Waals surface area contributed by atoms with Gasteiger partial charge in [-0.15, -0.1) is 0 Å². The van der Waals surface area contributed by atoms with E-state index >= 15 is 0 Å². The zero-order valence-corrected chi connectivity index (χ0v) is 11.3. The molecule has 0 bridgehead atoms. The molecule has 0 amide bonds. The second-order valence-corrected chi connectivity index (χ2v) is 5.26. The number of nitrogens with one attached hydrogen (secondary N) is 1. The molecule has 15 heavy (non-hydrogen) atoms. The summed E-state index contributed by atoms with van der Waals surface area (Å²) in [6.45, 7) is 1.37. The molecule has 84 valence electrons. The van der Waals surface area contributed by atoms with Gasteiger partial charge in [-0.3, -0.25) is 0 Å². The van der Waals surface area contributed by atoms with Crippen LogP contribution in [-0.2, 0) is 0 Å². The van der Waals surface area contributed by atoms with Crippen LogP contribution in [0.15, 0.2) is 21.2 Å². The summed E-state index contributed by atoms with van der Waals surface area (Å²) in [5, 5.41) is 21.2. The number of nitrogens with zero attached hydrogens (tertiary/aromatic N) is 1. The Morgan fingerprint density at radius 1 is 1.40 bits per heavy atom. The fourth-order valence-electron chi connectivity index (χ4n) is 0.921. The minimum atomic E-state index is -0.774. The highest BCUT2D eigenvalue weighted by Gasteiger charge is 2.23. The van der Waals surface area contributed by atoms with Gasteiger partial charge in [0.2, 0.25) is 0 Å². The summed E-state index contributed by atoms with van der Waals surface area (Å²) in [6.07, 6.45) is 1.64. The number of aromatic nitrogens is 1.